The van der Waals surface area contributed by atoms with E-state index in [9.17, 15) is 13.2 Å². The summed E-state index contributed by atoms with van der Waals surface area (Å²) in [5, 5.41) is 5.67. The molecule has 2 atom stereocenters. The van der Waals surface area contributed by atoms with Crippen LogP contribution in [0.2, 0.25) is 0 Å². The fourth-order valence-electron chi connectivity index (χ4n) is 2.68. The maximum atomic E-state index is 12.7. The molecule has 144 valence electrons. The second-order valence-corrected chi connectivity index (χ2v) is 7.28. The lowest BCUT2D eigenvalue weighted by molar-refractivity contribution is -0.121. The minimum Gasteiger partial charge on any atom is -0.365 e. The van der Waals surface area contributed by atoms with Gasteiger partial charge in [0.25, 0.3) is 0 Å². The molecule has 0 aliphatic heterocycles. The molecule has 0 spiro atoms. The summed E-state index contributed by atoms with van der Waals surface area (Å²) < 4.78 is 25.7. The van der Waals surface area contributed by atoms with Crippen molar-refractivity contribution < 1.29 is 13.2 Å². The third kappa shape index (κ3) is 8.05. The number of carbonyl (C=O) groups is 1. The number of aryl methyl sites for hydroxylation is 1. The van der Waals surface area contributed by atoms with Gasteiger partial charge in [0.1, 0.15) is 0 Å². The lowest BCUT2D eigenvalue weighted by atomic mass is 9.90. The van der Waals surface area contributed by atoms with Crippen LogP contribution in [0.5, 0.6) is 0 Å². The SMILES string of the molecule is CCCCC(CCC(C(=O)NC(=S)NC)c1ccc(C)cc1)N=S(=O)=O. The maximum Gasteiger partial charge on any atom is 0.311 e. The highest BCUT2D eigenvalue weighted by Crippen LogP contribution is 2.25. The molecule has 1 aromatic rings. The zero-order valence-electron chi connectivity index (χ0n) is 15.5. The second-order valence-electron chi connectivity index (χ2n) is 6.23. The molecule has 1 rings (SSSR count). The van der Waals surface area contributed by atoms with Gasteiger partial charge in [0.05, 0.1) is 12.0 Å². The van der Waals surface area contributed by atoms with E-state index in [2.05, 4.69) is 15.0 Å². The van der Waals surface area contributed by atoms with E-state index in [1.807, 2.05) is 38.1 Å². The average molecular weight is 398 g/mol. The van der Waals surface area contributed by atoms with Gasteiger partial charge >= 0.3 is 10.5 Å². The number of rotatable bonds is 9. The topological polar surface area (TPSA) is 87.6 Å². The number of hydrogen-bond acceptors (Lipinski definition) is 5. The highest BCUT2D eigenvalue weighted by Gasteiger charge is 2.23. The standard InChI is InChI=1S/C18H27N3O3S2/c1-4-5-6-15(21-26(23)24)11-12-16(17(22)20-18(25)19-3)14-9-7-13(2)8-10-14/h7-10,15-16H,4-6,11-12H2,1-3H3,(H2,19,20,22,25). The number of nitrogens with zero attached hydrogens (tertiary/aromatic N) is 1. The fraction of sp³-hybridized carbons (Fsp3) is 0.556. The van der Waals surface area contributed by atoms with E-state index >= 15 is 0 Å². The Morgan fingerprint density at radius 1 is 1.19 bits per heavy atom. The van der Waals surface area contributed by atoms with Crippen LogP contribution >= 0.6 is 12.2 Å². The number of hydrogen-bond donors (Lipinski definition) is 2. The first-order valence-electron chi connectivity index (χ1n) is 8.76. The largest absolute Gasteiger partial charge is 0.365 e. The molecule has 0 radical (unpaired) electrons. The molecule has 0 fully saturated rings. The lowest BCUT2D eigenvalue weighted by Crippen LogP contribution is -2.40. The molecule has 8 heteroatoms. The molecule has 6 nitrogen and oxygen atoms in total. The van der Waals surface area contributed by atoms with E-state index in [1.165, 1.54) is 0 Å². The molecule has 0 heterocycles. The van der Waals surface area contributed by atoms with Crippen molar-refractivity contribution in [3.05, 3.63) is 35.4 Å². The van der Waals surface area contributed by atoms with Crippen molar-refractivity contribution in [3.8, 4) is 0 Å². The van der Waals surface area contributed by atoms with E-state index < -0.39 is 16.4 Å². The van der Waals surface area contributed by atoms with Crippen LogP contribution in [0.1, 0.15) is 56.1 Å². The molecule has 0 aliphatic rings. The van der Waals surface area contributed by atoms with Crippen molar-refractivity contribution in [3.63, 3.8) is 0 Å². The molecule has 0 bridgehead atoms. The molecule has 1 amide bonds. The number of carbonyl (C=O) groups excluding carboxylic acids is 1. The minimum absolute atomic E-state index is 0.203. The average Bonchev–Trinajstić information content (AvgIpc) is 2.60. The zero-order valence-corrected chi connectivity index (χ0v) is 17.1. The van der Waals surface area contributed by atoms with E-state index in [0.717, 1.165) is 24.0 Å². The monoisotopic (exact) mass is 397 g/mol. The van der Waals surface area contributed by atoms with Crippen molar-refractivity contribution >= 4 is 33.7 Å². The molecule has 0 aliphatic carbocycles. The van der Waals surface area contributed by atoms with Crippen LogP contribution in [0, 0.1) is 6.92 Å². The van der Waals surface area contributed by atoms with Crippen molar-refractivity contribution in [2.45, 2.75) is 57.9 Å². The summed E-state index contributed by atoms with van der Waals surface area (Å²) in [5.41, 5.74) is 1.99. The van der Waals surface area contributed by atoms with Crippen molar-refractivity contribution in [1.29, 1.82) is 0 Å². The van der Waals surface area contributed by atoms with Gasteiger partial charge in [-0.15, -0.1) is 0 Å². The molecule has 0 saturated heterocycles. The summed E-state index contributed by atoms with van der Waals surface area (Å²) in [7, 11) is -0.793. The predicted octanol–water partition coefficient (Wildman–Crippen LogP) is 3.10. The zero-order chi connectivity index (χ0) is 19.5. The first-order valence-corrected chi connectivity index (χ1v) is 10.2. The first kappa shape index (κ1) is 22.2. The quantitative estimate of drug-likeness (QED) is 0.625. The van der Waals surface area contributed by atoms with E-state index in [1.54, 1.807) is 7.05 Å². The Morgan fingerprint density at radius 3 is 2.38 bits per heavy atom. The summed E-state index contributed by atoms with van der Waals surface area (Å²) in [5.74, 6) is -0.619. The van der Waals surface area contributed by atoms with Gasteiger partial charge in [0.2, 0.25) is 5.91 Å². The molecular weight excluding hydrogens is 370 g/mol. The number of thiocarbonyl (C=S) groups is 1. The normalized spacial score (nSPS) is 12.7. The van der Waals surface area contributed by atoms with Crippen LogP contribution in [-0.2, 0) is 15.3 Å². The van der Waals surface area contributed by atoms with Crippen molar-refractivity contribution in [1.82, 2.24) is 10.6 Å². The second kappa shape index (κ2) is 11.7. The van der Waals surface area contributed by atoms with Crippen LogP contribution in [0.4, 0.5) is 0 Å². The Balaban J connectivity index is 2.96. The highest BCUT2D eigenvalue weighted by molar-refractivity contribution is 7.80. The summed E-state index contributed by atoms with van der Waals surface area (Å²) in [4.78, 5) is 12.7. The van der Waals surface area contributed by atoms with Gasteiger partial charge in [0, 0.05) is 7.05 Å². The van der Waals surface area contributed by atoms with Gasteiger partial charge in [0.15, 0.2) is 5.11 Å². The molecule has 1 aromatic carbocycles. The molecule has 2 N–H and O–H groups in total. The van der Waals surface area contributed by atoms with Gasteiger partial charge in [-0.25, -0.2) is 0 Å². The Hall–Kier alpha value is -1.80. The fourth-order valence-corrected chi connectivity index (χ4v) is 3.23. The minimum atomic E-state index is -2.44. The van der Waals surface area contributed by atoms with Gasteiger partial charge in [-0.1, -0.05) is 49.6 Å². The molecule has 2 unspecified atom stereocenters. The van der Waals surface area contributed by atoms with E-state index in [0.29, 0.717) is 19.3 Å². The van der Waals surface area contributed by atoms with Crippen LogP contribution in [0.15, 0.2) is 28.6 Å². The number of nitrogens with one attached hydrogen (secondary N) is 2. The van der Waals surface area contributed by atoms with Gasteiger partial charge in [-0.2, -0.15) is 12.8 Å². The Labute approximate surface area is 162 Å². The van der Waals surface area contributed by atoms with Crippen LogP contribution in [0.25, 0.3) is 0 Å². The summed E-state index contributed by atoms with van der Waals surface area (Å²) in [6.45, 7) is 4.03. The third-order valence-corrected chi connectivity index (χ3v) is 4.95. The lowest BCUT2D eigenvalue weighted by Gasteiger charge is -2.19. The van der Waals surface area contributed by atoms with Gasteiger partial charge in [-0.3, -0.25) is 4.79 Å². The van der Waals surface area contributed by atoms with Crippen LogP contribution in [-0.4, -0.2) is 32.5 Å². The first-order chi connectivity index (χ1) is 12.4. The molecule has 0 saturated carbocycles. The molecular formula is C18H27N3O3S2. The maximum absolute atomic E-state index is 12.7. The van der Waals surface area contributed by atoms with E-state index in [-0.39, 0.29) is 17.1 Å². The van der Waals surface area contributed by atoms with Crippen molar-refractivity contribution in [2.24, 2.45) is 4.36 Å². The molecule has 0 aromatic heterocycles. The number of benzene rings is 1. The predicted molar refractivity (Wildman–Crippen MR) is 108 cm³/mol. The number of amides is 1. The molecule has 26 heavy (non-hydrogen) atoms. The highest BCUT2D eigenvalue weighted by atomic mass is 32.2. The van der Waals surface area contributed by atoms with Gasteiger partial charge in [-0.05, 0) is 44.0 Å². The third-order valence-electron chi connectivity index (χ3n) is 4.17. The van der Waals surface area contributed by atoms with Crippen LogP contribution in [0.3, 0.4) is 0 Å². The Morgan fingerprint density at radius 2 is 1.85 bits per heavy atom. The van der Waals surface area contributed by atoms with E-state index in [4.69, 9.17) is 12.2 Å². The Kier molecular flexibility index (Phi) is 10.0. The summed E-state index contributed by atoms with van der Waals surface area (Å²) >= 11 is 5.03. The smallest absolute Gasteiger partial charge is 0.311 e. The summed E-state index contributed by atoms with van der Waals surface area (Å²) in [6, 6.07) is 7.46. The van der Waals surface area contributed by atoms with Crippen molar-refractivity contribution in [2.75, 3.05) is 7.05 Å². The number of unbranched alkanes of at least 4 members (excludes halogenated alkanes) is 1. The Bertz CT molecular complexity index is 723. The van der Waals surface area contributed by atoms with Gasteiger partial charge < -0.3 is 10.6 Å². The van der Waals surface area contributed by atoms with Crippen LogP contribution < -0.4 is 10.6 Å². The summed E-state index contributed by atoms with van der Waals surface area (Å²) in [6.07, 6.45) is 3.58.